The Labute approximate surface area is 113 Å². The van der Waals surface area contributed by atoms with Gasteiger partial charge in [-0.3, -0.25) is 4.72 Å². The zero-order valence-corrected chi connectivity index (χ0v) is 10.8. The summed E-state index contributed by atoms with van der Waals surface area (Å²) in [6, 6.07) is 5.55. The third kappa shape index (κ3) is 2.68. The molecule has 0 radical (unpaired) electrons. The molecule has 0 aliphatic carbocycles. The van der Waals surface area contributed by atoms with E-state index in [2.05, 4.69) is 10.4 Å². The molecular formula is C11H10F2N4O2S. The first-order valence-electron chi connectivity index (χ1n) is 5.34. The van der Waals surface area contributed by atoms with Crippen LogP contribution in [0.5, 0.6) is 0 Å². The maximum atomic E-state index is 13.5. The molecule has 9 heteroatoms. The van der Waals surface area contributed by atoms with Crippen LogP contribution in [0.15, 0.2) is 41.4 Å². The van der Waals surface area contributed by atoms with Crippen molar-refractivity contribution in [1.82, 2.24) is 4.98 Å². The summed E-state index contributed by atoms with van der Waals surface area (Å²) in [7, 11) is -4.24. The van der Waals surface area contributed by atoms with E-state index in [1.54, 1.807) is 0 Å². The smallest absolute Gasteiger partial charge is 0.265 e. The van der Waals surface area contributed by atoms with E-state index in [0.29, 0.717) is 0 Å². The molecule has 20 heavy (non-hydrogen) atoms. The maximum absolute atomic E-state index is 13.5. The minimum Gasteiger partial charge on any atom is -0.307 e. The second-order valence-corrected chi connectivity index (χ2v) is 5.35. The molecule has 0 atom stereocenters. The zero-order valence-electron chi connectivity index (χ0n) is 9.97. The molecule has 0 spiro atoms. The van der Waals surface area contributed by atoms with Gasteiger partial charge in [0.2, 0.25) is 0 Å². The van der Waals surface area contributed by atoms with Crippen molar-refractivity contribution in [3.8, 4) is 0 Å². The highest BCUT2D eigenvalue weighted by molar-refractivity contribution is 7.92. The largest absolute Gasteiger partial charge is 0.307 e. The van der Waals surface area contributed by atoms with Crippen LogP contribution in [0, 0.1) is 11.6 Å². The predicted octanol–water partition coefficient (Wildman–Crippen LogP) is 1.45. The van der Waals surface area contributed by atoms with Crippen LogP contribution in [0.1, 0.15) is 0 Å². The van der Waals surface area contributed by atoms with Crippen molar-refractivity contribution in [3.05, 3.63) is 48.2 Å². The fraction of sp³-hybridized carbons (Fsp3) is 0. The Morgan fingerprint density at radius 1 is 1.10 bits per heavy atom. The zero-order chi connectivity index (χ0) is 14.8. The van der Waals surface area contributed by atoms with E-state index in [-0.39, 0.29) is 10.7 Å². The van der Waals surface area contributed by atoms with E-state index < -0.39 is 27.3 Å². The number of rotatable bonds is 4. The molecule has 0 aliphatic rings. The van der Waals surface area contributed by atoms with Crippen molar-refractivity contribution in [2.45, 2.75) is 4.90 Å². The third-order valence-corrected chi connectivity index (χ3v) is 3.78. The number of para-hydroxylation sites is 1. The van der Waals surface area contributed by atoms with Gasteiger partial charge in [0.05, 0.1) is 0 Å². The van der Waals surface area contributed by atoms with Gasteiger partial charge in [-0.2, -0.15) is 0 Å². The van der Waals surface area contributed by atoms with E-state index in [1.165, 1.54) is 18.3 Å². The summed E-state index contributed by atoms with van der Waals surface area (Å²) in [4.78, 5) is 3.38. The molecule has 0 saturated carbocycles. The lowest BCUT2D eigenvalue weighted by atomic mass is 10.3. The molecule has 1 heterocycles. The maximum Gasteiger partial charge on any atom is 0.265 e. The number of hydrogen-bond acceptors (Lipinski definition) is 5. The third-order valence-electron chi connectivity index (χ3n) is 2.40. The van der Waals surface area contributed by atoms with Gasteiger partial charge in [0.25, 0.3) is 10.0 Å². The first-order chi connectivity index (χ1) is 9.45. The Bertz CT molecular complexity index is 717. The average molecular weight is 300 g/mol. The van der Waals surface area contributed by atoms with Crippen LogP contribution in [-0.2, 0) is 10.0 Å². The minimum absolute atomic E-state index is 0.142. The van der Waals surface area contributed by atoms with Gasteiger partial charge < -0.3 is 5.43 Å². The summed E-state index contributed by atoms with van der Waals surface area (Å²) in [5.74, 6) is 2.95. The molecule has 0 unspecified atom stereocenters. The second kappa shape index (κ2) is 5.39. The van der Waals surface area contributed by atoms with Crippen molar-refractivity contribution in [2.75, 3.05) is 10.1 Å². The lowest BCUT2D eigenvalue weighted by Crippen LogP contribution is -2.19. The van der Waals surface area contributed by atoms with Crippen LogP contribution in [0.3, 0.4) is 0 Å². The van der Waals surface area contributed by atoms with E-state index >= 15 is 0 Å². The second-order valence-electron chi connectivity index (χ2n) is 3.70. The lowest BCUT2D eigenvalue weighted by Gasteiger charge is -2.11. The number of nitrogen functional groups attached to an aromatic ring is 1. The quantitative estimate of drug-likeness (QED) is 0.586. The van der Waals surface area contributed by atoms with Crippen molar-refractivity contribution in [2.24, 2.45) is 5.84 Å². The molecule has 0 amide bonds. The molecule has 6 nitrogen and oxygen atoms in total. The number of halogens is 2. The summed E-state index contributed by atoms with van der Waals surface area (Å²) in [6.45, 7) is 0. The van der Waals surface area contributed by atoms with Crippen LogP contribution >= 0.6 is 0 Å². The van der Waals surface area contributed by atoms with E-state index in [1.807, 2.05) is 4.72 Å². The fourth-order valence-electron chi connectivity index (χ4n) is 1.50. The summed E-state index contributed by atoms with van der Waals surface area (Å²) in [6.07, 6.45) is 1.32. The van der Waals surface area contributed by atoms with Gasteiger partial charge in [0.15, 0.2) is 5.82 Å². The van der Waals surface area contributed by atoms with E-state index in [9.17, 15) is 17.2 Å². The molecule has 1 aromatic heterocycles. The predicted molar refractivity (Wildman–Crippen MR) is 69.2 cm³/mol. The molecular weight excluding hydrogens is 290 g/mol. The normalized spacial score (nSPS) is 11.2. The highest BCUT2D eigenvalue weighted by atomic mass is 32.2. The first-order valence-corrected chi connectivity index (χ1v) is 6.82. The monoisotopic (exact) mass is 300 g/mol. The van der Waals surface area contributed by atoms with Gasteiger partial charge in [-0.25, -0.2) is 28.0 Å². The highest BCUT2D eigenvalue weighted by Crippen LogP contribution is 2.24. The van der Waals surface area contributed by atoms with Gasteiger partial charge in [0.1, 0.15) is 22.2 Å². The Hall–Kier alpha value is -2.26. The Balaban J connectivity index is 2.47. The first kappa shape index (κ1) is 14.2. The molecule has 0 aliphatic heterocycles. The topological polar surface area (TPSA) is 97.1 Å². The standard InChI is InChI=1S/C11H10F2N4O2S/c12-7-3-1-4-8(13)10(7)17-20(18,19)9-5-2-6-15-11(9)16-14/h1-6,17H,14H2,(H,15,16). The highest BCUT2D eigenvalue weighted by Gasteiger charge is 2.22. The minimum atomic E-state index is -4.24. The van der Waals surface area contributed by atoms with Crippen molar-refractivity contribution < 1.29 is 17.2 Å². The fourth-order valence-corrected chi connectivity index (χ4v) is 2.70. The van der Waals surface area contributed by atoms with Crippen LogP contribution in [0.4, 0.5) is 20.3 Å². The van der Waals surface area contributed by atoms with E-state index in [4.69, 9.17) is 5.84 Å². The molecule has 2 rings (SSSR count). The molecule has 0 saturated heterocycles. The molecule has 4 N–H and O–H groups in total. The van der Waals surface area contributed by atoms with Gasteiger partial charge in [-0.05, 0) is 24.3 Å². The average Bonchev–Trinajstić information content (AvgIpc) is 2.43. The summed E-state index contributed by atoms with van der Waals surface area (Å²) >= 11 is 0. The molecule has 2 aromatic rings. The number of pyridine rings is 1. The van der Waals surface area contributed by atoms with Crippen molar-refractivity contribution in [3.63, 3.8) is 0 Å². The van der Waals surface area contributed by atoms with Gasteiger partial charge in [-0.15, -0.1) is 0 Å². The van der Waals surface area contributed by atoms with Gasteiger partial charge >= 0.3 is 0 Å². The number of anilines is 2. The Morgan fingerprint density at radius 2 is 1.75 bits per heavy atom. The molecule has 0 fully saturated rings. The number of sulfonamides is 1. The number of hydrogen-bond donors (Lipinski definition) is 3. The van der Waals surface area contributed by atoms with Crippen molar-refractivity contribution in [1.29, 1.82) is 0 Å². The Morgan fingerprint density at radius 3 is 2.35 bits per heavy atom. The van der Waals surface area contributed by atoms with E-state index in [0.717, 1.165) is 18.2 Å². The number of hydrazine groups is 1. The SMILES string of the molecule is NNc1ncccc1S(=O)(=O)Nc1c(F)cccc1F. The molecule has 0 bridgehead atoms. The summed E-state index contributed by atoms with van der Waals surface area (Å²) in [5, 5.41) is 0. The van der Waals surface area contributed by atoms with Crippen molar-refractivity contribution >= 4 is 21.5 Å². The number of benzene rings is 1. The number of nitrogens with one attached hydrogen (secondary N) is 2. The number of nitrogens with two attached hydrogens (primary N) is 1. The molecule has 1 aromatic carbocycles. The lowest BCUT2D eigenvalue weighted by molar-refractivity contribution is 0.583. The number of aromatic nitrogens is 1. The molecule has 106 valence electrons. The van der Waals surface area contributed by atoms with Gasteiger partial charge in [0, 0.05) is 6.20 Å². The Kier molecular flexibility index (Phi) is 3.81. The summed E-state index contributed by atoms with van der Waals surface area (Å²) < 4.78 is 53.0. The van der Waals surface area contributed by atoms with Crippen LogP contribution < -0.4 is 16.0 Å². The van der Waals surface area contributed by atoms with Crippen LogP contribution in [0.25, 0.3) is 0 Å². The summed E-state index contributed by atoms with van der Waals surface area (Å²) in [5.41, 5.74) is 1.33. The van der Waals surface area contributed by atoms with Crippen LogP contribution in [-0.4, -0.2) is 13.4 Å². The van der Waals surface area contributed by atoms with Gasteiger partial charge in [-0.1, -0.05) is 6.07 Å². The van der Waals surface area contributed by atoms with Crippen LogP contribution in [0.2, 0.25) is 0 Å². The number of nitrogens with zero attached hydrogens (tertiary/aromatic N) is 1.